The van der Waals surface area contributed by atoms with Crippen molar-refractivity contribution in [3.8, 4) is 0 Å². The van der Waals surface area contributed by atoms with Crippen molar-refractivity contribution in [2.45, 2.75) is 13.3 Å². The maximum absolute atomic E-state index is 11.5. The number of Topliss-reactive ketones (excluding diaryl/α,β-unsaturated/α-hetero) is 1. The van der Waals surface area contributed by atoms with Crippen LogP contribution in [0.4, 0.5) is 11.4 Å². The zero-order chi connectivity index (χ0) is 12.9. The summed E-state index contributed by atoms with van der Waals surface area (Å²) in [6, 6.07) is 5.52. The first-order valence-corrected chi connectivity index (χ1v) is 6.27. The van der Waals surface area contributed by atoms with Crippen molar-refractivity contribution >= 4 is 23.1 Å². The van der Waals surface area contributed by atoms with Crippen LogP contribution in [0.2, 0.25) is 0 Å². The van der Waals surface area contributed by atoms with Gasteiger partial charge in [-0.3, -0.25) is 9.59 Å². The lowest BCUT2D eigenvalue weighted by Gasteiger charge is -2.19. The van der Waals surface area contributed by atoms with Crippen molar-refractivity contribution in [3.05, 3.63) is 23.8 Å². The highest BCUT2D eigenvalue weighted by molar-refractivity contribution is 6.51. The van der Waals surface area contributed by atoms with Gasteiger partial charge in [0.25, 0.3) is 11.7 Å². The Morgan fingerprint density at radius 1 is 1.39 bits per heavy atom. The number of anilines is 2. The Balaban J connectivity index is 1.80. The fourth-order valence-corrected chi connectivity index (χ4v) is 2.48. The minimum atomic E-state index is -0.527. The summed E-state index contributed by atoms with van der Waals surface area (Å²) in [6.07, 6.45) is 1.30. The van der Waals surface area contributed by atoms with E-state index in [-0.39, 0.29) is 0 Å². The molecule has 3 rings (SSSR count). The largest absolute Gasteiger partial charge is 0.374 e. The van der Waals surface area contributed by atoms with Gasteiger partial charge in [-0.15, -0.1) is 0 Å². The first-order chi connectivity index (χ1) is 8.56. The number of ketones is 1. The molecule has 1 aliphatic carbocycles. The molecule has 0 aromatic heterocycles. The molecule has 0 saturated heterocycles. The Labute approximate surface area is 106 Å². The average molecular weight is 244 g/mol. The van der Waals surface area contributed by atoms with Gasteiger partial charge in [0.05, 0.1) is 11.3 Å². The first kappa shape index (κ1) is 11.3. The number of nitrogens with one attached hydrogen (secondary N) is 1. The Hall–Kier alpha value is -1.84. The SMILES string of the molecule is CC1CC1CN(C)c1ccc2c(c1)NC(=O)C2=O. The monoisotopic (exact) mass is 244 g/mol. The van der Waals surface area contributed by atoms with E-state index in [1.165, 1.54) is 6.42 Å². The molecule has 0 radical (unpaired) electrons. The molecule has 4 nitrogen and oxygen atoms in total. The van der Waals surface area contributed by atoms with E-state index in [1.807, 2.05) is 19.2 Å². The fourth-order valence-electron chi connectivity index (χ4n) is 2.48. The van der Waals surface area contributed by atoms with Crippen LogP contribution >= 0.6 is 0 Å². The smallest absolute Gasteiger partial charge is 0.296 e. The summed E-state index contributed by atoms with van der Waals surface area (Å²) in [5, 5.41) is 2.60. The molecule has 0 bridgehead atoms. The zero-order valence-electron chi connectivity index (χ0n) is 10.6. The molecule has 1 aromatic carbocycles. The zero-order valence-corrected chi connectivity index (χ0v) is 10.6. The molecule has 1 saturated carbocycles. The standard InChI is InChI=1S/C14H16N2O2/c1-8-5-9(8)7-16(2)10-3-4-11-12(6-10)15-14(18)13(11)17/h3-4,6,8-9H,5,7H2,1-2H3,(H,15,17,18). The maximum atomic E-state index is 11.5. The number of nitrogens with zero attached hydrogens (tertiary/aromatic N) is 1. The van der Waals surface area contributed by atoms with E-state index >= 15 is 0 Å². The van der Waals surface area contributed by atoms with Crippen molar-refractivity contribution < 1.29 is 9.59 Å². The predicted molar refractivity (Wildman–Crippen MR) is 69.9 cm³/mol. The minimum absolute atomic E-state index is 0.435. The minimum Gasteiger partial charge on any atom is -0.374 e. The second kappa shape index (κ2) is 3.83. The lowest BCUT2D eigenvalue weighted by Crippen LogP contribution is -2.20. The van der Waals surface area contributed by atoms with Crippen LogP contribution < -0.4 is 10.2 Å². The molecule has 1 fully saturated rings. The van der Waals surface area contributed by atoms with Crippen LogP contribution in [0, 0.1) is 11.8 Å². The summed E-state index contributed by atoms with van der Waals surface area (Å²) in [5.41, 5.74) is 2.16. The van der Waals surface area contributed by atoms with Crippen LogP contribution in [0.25, 0.3) is 0 Å². The third-order valence-electron chi connectivity index (χ3n) is 3.93. The number of rotatable bonds is 3. The first-order valence-electron chi connectivity index (χ1n) is 6.27. The van der Waals surface area contributed by atoms with Crippen LogP contribution in [-0.4, -0.2) is 25.3 Å². The number of hydrogen-bond donors (Lipinski definition) is 1. The molecule has 2 atom stereocenters. The summed E-state index contributed by atoms with van der Waals surface area (Å²) >= 11 is 0. The quantitative estimate of drug-likeness (QED) is 0.826. The number of carbonyl (C=O) groups excluding carboxylic acids is 2. The van der Waals surface area contributed by atoms with E-state index < -0.39 is 11.7 Å². The van der Waals surface area contributed by atoms with Gasteiger partial charge in [-0.05, 0) is 36.5 Å². The molecule has 1 aliphatic heterocycles. The number of carbonyl (C=O) groups is 2. The van der Waals surface area contributed by atoms with Gasteiger partial charge in [-0.25, -0.2) is 0 Å². The molecular formula is C14H16N2O2. The fraction of sp³-hybridized carbons (Fsp3) is 0.429. The highest BCUT2D eigenvalue weighted by atomic mass is 16.2. The number of benzene rings is 1. The van der Waals surface area contributed by atoms with Gasteiger partial charge in [0.15, 0.2) is 0 Å². The Morgan fingerprint density at radius 2 is 2.11 bits per heavy atom. The van der Waals surface area contributed by atoms with Gasteiger partial charge in [0, 0.05) is 19.3 Å². The Bertz CT molecular complexity index is 539. The lowest BCUT2D eigenvalue weighted by molar-refractivity contribution is -0.112. The molecule has 1 N–H and O–H groups in total. The van der Waals surface area contributed by atoms with Crippen molar-refractivity contribution in [1.82, 2.24) is 0 Å². The van der Waals surface area contributed by atoms with E-state index in [1.54, 1.807) is 6.07 Å². The molecule has 4 heteroatoms. The molecule has 1 heterocycles. The van der Waals surface area contributed by atoms with E-state index in [4.69, 9.17) is 0 Å². The maximum Gasteiger partial charge on any atom is 0.296 e. The summed E-state index contributed by atoms with van der Waals surface area (Å²) < 4.78 is 0. The van der Waals surface area contributed by atoms with Gasteiger partial charge in [0.2, 0.25) is 0 Å². The van der Waals surface area contributed by atoms with Crippen molar-refractivity contribution in [1.29, 1.82) is 0 Å². The summed E-state index contributed by atoms with van der Waals surface area (Å²) in [4.78, 5) is 24.9. The second-order valence-corrected chi connectivity index (χ2v) is 5.37. The Morgan fingerprint density at radius 3 is 2.78 bits per heavy atom. The molecule has 94 valence electrons. The highest BCUT2D eigenvalue weighted by Crippen LogP contribution is 2.39. The van der Waals surface area contributed by atoms with Crippen molar-refractivity contribution in [2.75, 3.05) is 23.8 Å². The molecule has 1 aromatic rings. The van der Waals surface area contributed by atoms with Gasteiger partial charge >= 0.3 is 0 Å². The van der Waals surface area contributed by atoms with E-state index in [9.17, 15) is 9.59 Å². The van der Waals surface area contributed by atoms with Crippen molar-refractivity contribution in [3.63, 3.8) is 0 Å². The van der Waals surface area contributed by atoms with Crippen LogP contribution in [0.15, 0.2) is 18.2 Å². The van der Waals surface area contributed by atoms with E-state index in [2.05, 4.69) is 17.1 Å². The molecule has 0 spiro atoms. The summed E-state index contributed by atoms with van der Waals surface area (Å²) in [6.45, 7) is 3.29. The van der Waals surface area contributed by atoms with E-state index in [0.29, 0.717) is 11.3 Å². The lowest BCUT2D eigenvalue weighted by atomic mass is 10.1. The summed E-state index contributed by atoms with van der Waals surface area (Å²) in [5.74, 6) is 0.637. The van der Waals surface area contributed by atoms with Gasteiger partial charge in [-0.1, -0.05) is 6.92 Å². The second-order valence-electron chi connectivity index (χ2n) is 5.37. The van der Waals surface area contributed by atoms with Crippen LogP contribution in [-0.2, 0) is 4.79 Å². The summed E-state index contributed by atoms with van der Waals surface area (Å²) in [7, 11) is 2.05. The molecule has 2 unspecified atom stereocenters. The number of fused-ring (bicyclic) bond motifs is 1. The molecule has 1 amide bonds. The van der Waals surface area contributed by atoms with Gasteiger partial charge < -0.3 is 10.2 Å². The number of hydrogen-bond acceptors (Lipinski definition) is 3. The van der Waals surface area contributed by atoms with Gasteiger partial charge in [0.1, 0.15) is 0 Å². The van der Waals surface area contributed by atoms with Crippen LogP contribution in [0.5, 0.6) is 0 Å². The van der Waals surface area contributed by atoms with Crippen molar-refractivity contribution in [2.24, 2.45) is 11.8 Å². The van der Waals surface area contributed by atoms with Crippen LogP contribution in [0.1, 0.15) is 23.7 Å². The number of amides is 1. The predicted octanol–water partition coefficient (Wildman–Crippen LogP) is 1.91. The highest BCUT2D eigenvalue weighted by Gasteiger charge is 2.33. The normalized spacial score (nSPS) is 24.8. The van der Waals surface area contributed by atoms with Crippen LogP contribution in [0.3, 0.4) is 0 Å². The van der Waals surface area contributed by atoms with Gasteiger partial charge in [-0.2, -0.15) is 0 Å². The average Bonchev–Trinajstić information content (AvgIpc) is 2.95. The molecular weight excluding hydrogens is 228 g/mol. The third kappa shape index (κ3) is 1.78. The third-order valence-corrected chi connectivity index (χ3v) is 3.93. The topological polar surface area (TPSA) is 49.4 Å². The Kier molecular flexibility index (Phi) is 2.40. The molecule has 2 aliphatic rings. The van der Waals surface area contributed by atoms with E-state index in [0.717, 1.165) is 24.1 Å². The molecule has 18 heavy (non-hydrogen) atoms.